The zero-order valence-corrected chi connectivity index (χ0v) is 17.8. The van der Waals surface area contributed by atoms with E-state index in [2.05, 4.69) is 40.4 Å². The van der Waals surface area contributed by atoms with Gasteiger partial charge in [-0.3, -0.25) is 4.79 Å². The largest absolute Gasteiger partial charge is 0.381 e. The van der Waals surface area contributed by atoms with Crippen molar-refractivity contribution in [3.05, 3.63) is 12.2 Å². The van der Waals surface area contributed by atoms with Crippen LogP contribution in [-0.4, -0.2) is 51.9 Å². The molecule has 1 aromatic heterocycles. The van der Waals surface area contributed by atoms with Crippen molar-refractivity contribution in [1.82, 2.24) is 19.7 Å². The fraction of sp³-hybridized carbons (Fsp3) is 0.864. The van der Waals surface area contributed by atoms with Gasteiger partial charge >= 0.3 is 0 Å². The Kier molecular flexibility index (Phi) is 5.51. The molecular formula is C22H36N4O2. The Labute approximate surface area is 169 Å². The molecule has 1 amide bonds. The van der Waals surface area contributed by atoms with E-state index in [-0.39, 0.29) is 16.7 Å². The van der Waals surface area contributed by atoms with Gasteiger partial charge in [-0.2, -0.15) is 0 Å². The van der Waals surface area contributed by atoms with Gasteiger partial charge in [-0.15, -0.1) is 10.2 Å². The van der Waals surface area contributed by atoms with Crippen molar-refractivity contribution in [2.45, 2.75) is 78.2 Å². The van der Waals surface area contributed by atoms with Gasteiger partial charge in [0.1, 0.15) is 12.2 Å². The van der Waals surface area contributed by atoms with Crippen LogP contribution in [0.3, 0.4) is 0 Å². The first-order valence-corrected chi connectivity index (χ1v) is 11.2. The minimum absolute atomic E-state index is 0.0840. The summed E-state index contributed by atoms with van der Waals surface area (Å²) in [6.45, 7) is 10.8. The number of ether oxygens (including phenoxy) is 1. The van der Waals surface area contributed by atoms with Gasteiger partial charge in [-0.1, -0.05) is 40.0 Å². The lowest BCUT2D eigenvalue weighted by Crippen LogP contribution is -2.44. The van der Waals surface area contributed by atoms with Crippen LogP contribution in [0.25, 0.3) is 0 Å². The molecule has 1 unspecified atom stereocenters. The van der Waals surface area contributed by atoms with Gasteiger partial charge in [0, 0.05) is 49.6 Å². The molecular weight excluding hydrogens is 352 g/mol. The van der Waals surface area contributed by atoms with E-state index in [0.29, 0.717) is 11.8 Å². The Morgan fingerprint density at radius 3 is 2.61 bits per heavy atom. The fourth-order valence-corrected chi connectivity index (χ4v) is 5.76. The molecule has 0 bridgehead atoms. The quantitative estimate of drug-likeness (QED) is 0.790. The average Bonchev–Trinajstić information content (AvgIpc) is 3.26. The van der Waals surface area contributed by atoms with Crippen LogP contribution in [0.15, 0.2) is 6.33 Å². The lowest BCUT2D eigenvalue weighted by Gasteiger charge is -2.38. The van der Waals surface area contributed by atoms with Gasteiger partial charge in [-0.25, -0.2) is 0 Å². The monoisotopic (exact) mass is 388 g/mol. The van der Waals surface area contributed by atoms with E-state index < -0.39 is 0 Å². The predicted molar refractivity (Wildman–Crippen MR) is 108 cm³/mol. The summed E-state index contributed by atoms with van der Waals surface area (Å²) in [6.07, 6.45) is 9.58. The number of carbonyl (C=O) groups is 1. The summed E-state index contributed by atoms with van der Waals surface area (Å²) in [6, 6.07) is 0. The molecule has 156 valence electrons. The van der Waals surface area contributed by atoms with E-state index in [1.165, 1.54) is 19.3 Å². The predicted octanol–water partition coefficient (Wildman–Crippen LogP) is 3.63. The highest BCUT2D eigenvalue weighted by atomic mass is 16.5. The molecule has 2 aliphatic heterocycles. The summed E-state index contributed by atoms with van der Waals surface area (Å²) in [5.41, 5.74) is -0.0915. The van der Waals surface area contributed by atoms with Gasteiger partial charge in [-0.05, 0) is 31.6 Å². The van der Waals surface area contributed by atoms with Crippen LogP contribution in [0.4, 0.5) is 0 Å². The van der Waals surface area contributed by atoms with Crippen LogP contribution in [-0.2, 0) is 16.1 Å². The Morgan fingerprint density at radius 1 is 1.21 bits per heavy atom. The summed E-state index contributed by atoms with van der Waals surface area (Å²) >= 11 is 0. The van der Waals surface area contributed by atoms with Crippen molar-refractivity contribution in [1.29, 1.82) is 0 Å². The van der Waals surface area contributed by atoms with Crippen molar-refractivity contribution in [2.24, 2.45) is 16.7 Å². The molecule has 28 heavy (non-hydrogen) atoms. The van der Waals surface area contributed by atoms with E-state index in [9.17, 15) is 4.79 Å². The highest BCUT2D eigenvalue weighted by Crippen LogP contribution is 2.50. The highest BCUT2D eigenvalue weighted by molar-refractivity contribution is 5.83. The van der Waals surface area contributed by atoms with Crippen molar-refractivity contribution >= 4 is 5.91 Å². The van der Waals surface area contributed by atoms with Crippen molar-refractivity contribution < 1.29 is 9.53 Å². The molecule has 0 aromatic carbocycles. The first kappa shape index (κ1) is 19.9. The third kappa shape index (κ3) is 3.60. The van der Waals surface area contributed by atoms with Gasteiger partial charge < -0.3 is 14.2 Å². The highest BCUT2D eigenvalue weighted by Gasteiger charge is 2.53. The standard InChI is InChI=1S/C22H36N4O2/c1-17(2)13-26-16-23-24-19(26)18-14-25(15-22(18)9-11-28-12-10-22)20(27)21(3)7-5-4-6-8-21/h16-18H,4-15H2,1-3H3. The van der Waals surface area contributed by atoms with Gasteiger partial charge in [0.2, 0.25) is 5.91 Å². The number of aromatic nitrogens is 3. The molecule has 3 heterocycles. The third-order valence-electron chi connectivity index (χ3n) is 7.42. The van der Waals surface area contributed by atoms with Crippen molar-refractivity contribution in [3.8, 4) is 0 Å². The molecule has 3 fully saturated rings. The summed E-state index contributed by atoms with van der Waals surface area (Å²) in [4.78, 5) is 15.8. The number of likely N-dealkylation sites (tertiary alicyclic amines) is 1. The molecule has 6 heteroatoms. The van der Waals surface area contributed by atoms with Gasteiger partial charge in [0.15, 0.2) is 0 Å². The molecule has 1 aliphatic carbocycles. The van der Waals surface area contributed by atoms with E-state index in [4.69, 9.17) is 4.74 Å². The molecule has 3 aliphatic rings. The van der Waals surface area contributed by atoms with E-state index >= 15 is 0 Å². The molecule has 2 saturated heterocycles. The van der Waals surface area contributed by atoms with Crippen molar-refractivity contribution in [3.63, 3.8) is 0 Å². The number of nitrogens with zero attached hydrogens (tertiary/aromatic N) is 4. The topological polar surface area (TPSA) is 60.2 Å². The summed E-state index contributed by atoms with van der Waals surface area (Å²) in [5, 5.41) is 8.81. The van der Waals surface area contributed by atoms with E-state index in [1.807, 2.05) is 6.33 Å². The summed E-state index contributed by atoms with van der Waals surface area (Å²) < 4.78 is 7.93. The molecule has 1 aromatic rings. The molecule has 0 radical (unpaired) electrons. The van der Waals surface area contributed by atoms with Crippen LogP contribution < -0.4 is 0 Å². The number of rotatable bonds is 4. The van der Waals surface area contributed by atoms with Crippen LogP contribution in [0.1, 0.15) is 77.5 Å². The molecule has 1 saturated carbocycles. The third-order valence-corrected chi connectivity index (χ3v) is 7.42. The molecule has 1 spiro atoms. The molecule has 4 rings (SSSR count). The number of hydrogen-bond donors (Lipinski definition) is 0. The average molecular weight is 389 g/mol. The Balaban J connectivity index is 1.62. The second kappa shape index (κ2) is 7.77. The number of carbonyl (C=O) groups excluding carboxylic acids is 1. The fourth-order valence-electron chi connectivity index (χ4n) is 5.76. The zero-order valence-electron chi connectivity index (χ0n) is 17.8. The first-order valence-electron chi connectivity index (χ1n) is 11.2. The van der Waals surface area contributed by atoms with Crippen LogP contribution in [0.2, 0.25) is 0 Å². The summed E-state index contributed by atoms with van der Waals surface area (Å²) in [7, 11) is 0. The normalized spacial score (nSPS) is 26.9. The Morgan fingerprint density at radius 2 is 1.93 bits per heavy atom. The first-order chi connectivity index (χ1) is 13.4. The van der Waals surface area contributed by atoms with E-state index in [0.717, 1.165) is 64.4 Å². The maximum absolute atomic E-state index is 13.6. The lowest BCUT2D eigenvalue weighted by molar-refractivity contribution is -0.142. The molecule has 0 N–H and O–H groups in total. The Hall–Kier alpha value is -1.43. The van der Waals surface area contributed by atoms with E-state index in [1.54, 1.807) is 0 Å². The van der Waals surface area contributed by atoms with Crippen LogP contribution in [0.5, 0.6) is 0 Å². The van der Waals surface area contributed by atoms with Gasteiger partial charge in [0.05, 0.1) is 0 Å². The molecule has 6 nitrogen and oxygen atoms in total. The summed E-state index contributed by atoms with van der Waals surface area (Å²) in [5.74, 6) is 2.24. The second-order valence-corrected chi connectivity index (χ2v) is 10.1. The Bertz CT molecular complexity index is 686. The van der Waals surface area contributed by atoms with Crippen molar-refractivity contribution in [2.75, 3.05) is 26.3 Å². The SMILES string of the molecule is CC(C)Cn1cnnc1C1CN(C(=O)C2(C)CCCCC2)CC12CCOCC2. The minimum Gasteiger partial charge on any atom is -0.381 e. The smallest absolute Gasteiger partial charge is 0.228 e. The maximum atomic E-state index is 13.6. The molecule has 1 atom stereocenters. The van der Waals surface area contributed by atoms with Crippen LogP contribution >= 0.6 is 0 Å². The number of amides is 1. The van der Waals surface area contributed by atoms with Crippen LogP contribution in [0, 0.1) is 16.7 Å². The maximum Gasteiger partial charge on any atom is 0.228 e. The minimum atomic E-state index is -0.175. The number of hydrogen-bond acceptors (Lipinski definition) is 4. The lowest BCUT2D eigenvalue weighted by atomic mass is 9.71. The van der Waals surface area contributed by atoms with Gasteiger partial charge in [0.25, 0.3) is 0 Å². The zero-order chi connectivity index (χ0) is 19.8. The second-order valence-electron chi connectivity index (χ2n) is 10.1.